The van der Waals surface area contributed by atoms with Crippen LogP contribution in [0.25, 0.3) is 0 Å². The van der Waals surface area contributed by atoms with Crippen LogP contribution in [0.3, 0.4) is 0 Å². The van der Waals surface area contributed by atoms with Crippen molar-refractivity contribution in [2.45, 2.75) is 32.5 Å². The summed E-state index contributed by atoms with van der Waals surface area (Å²) in [5.41, 5.74) is 3.21. The lowest BCUT2D eigenvalue weighted by molar-refractivity contribution is -0.107. The zero-order valence-corrected chi connectivity index (χ0v) is 9.05. The molecule has 0 aliphatic rings. The predicted octanol–water partition coefficient (Wildman–Crippen LogP) is 2.40. The molecule has 0 aromatic carbocycles. The van der Waals surface area contributed by atoms with E-state index in [1.807, 2.05) is 12.2 Å². The van der Waals surface area contributed by atoms with Crippen LogP contribution in [0, 0.1) is 11.5 Å². The minimum Gasteiger partial charge on any atom is -0.303 e. The number of carbonyl (C=O) groups is 1. The lowest BCUT2D eigenvalue weighted by atomic mass is 10.3. The van der Waals surface area contributed by atoms with Crippen molar-refractivity contribution in [1.82, 2.24) is 0 Å². The highest BCUT2D eigenvalue weighted by Gasteiger charge is 2.06. The van der Waals surface area contributed by atoms with E-state index in [0.29, 0.717) is 6.42 Å². The molecule has 0 aliphatic heterocycles. The van der Waals surface area contributed by atoms with Gasteiger partial charge in [0.05, 0.1) is 0 Å². The summed E-state index contributed by atoms with van der Waals surface area (Å²) >= 11 is 0. The minimum atomic E-state index is -1.21. The molecular weight excluding hydrogens is 164 g/mol. The van der Waals surface area contributed by atoms with E-state index in [1.54, 1.807) is 0 Å². The standard InChI is InChI=1S/C10H16OSi/c1-12(2,3)10-8-6-4-5-7-9-11/h4,6,9H,5,7H2,1-3H3/b6-4-. The maximum Gasteiger partial charge on any atom is 0.129 e. The van der Waals surface area contributed by atoms with E-state index in [1.165, 1.54) is 0 Å². The average molecular weight is 180 g/mol. The van der Waals surface area contributed by atoms with E-state index in [4.69, 9.17) is 0 Å². The van der Waals surface area contributed by atoms with E-state index >= 15 is 0 Å². The summed E-state index contributed by atoms with van der Waals surface area (Å²) in [7, 11) is -1.21. The minimum absolute atomic E-state index is 0.602. The predicted molar refractivity (Wildman–Crippen MR) is 55.6 cm³/mol. The first-order valence-corrected chi connectivity index (χ1v) is 7.67. The van der Waals surface area contributed by atoms with E-state index < -0.39 is 8.07 Å². The molecule has 0 fully saturated rings. The number of allylic oxidation sites excluding steroid dienone is 2. The fourth-order valence-corrected chi connectivity index (χ4v) is 1.08. The van der Waals surface area contributed by atoms with E-state index in [-0.39, 0.29) is 0 Å². The second-order valence-corrected chi connectivity index (χ2v) is 8.42. The van der Waals surface area contributed by atoms with Gasteiger partial charge in [-0.2, -0.15) is 0 Å². The highest BCUT2D eigenvalue weighted by atomic mass is 28.3. The smallest absolute Gasteiger partial charge is 0.129 e. The summed E-state index contributed by atoms with van der Waals surface area (Å²) in [4.78, 5) is 9.93. The Labute approximate surface area is 75.9 Å². The monoisotopic (exact) mass is 180 g/mol. The van der Waals surface area contributed by atoms with Crippen molar-refractivity contribution in [3.63, 3.8) is 0 Å². The largest absolute Gasteiger partial charge is 0.303 e. The number of hydrogen-bond donors (Lipinski definition) is 0. The molecule has 0 N–H and O–H groups in total. The van der Waals surface area contributed by atoms with E-state index in [0.717, 1.165) is 12.7 Å². The number of rotatable bonds is 3. The first-order chi connectivity index (χ1) is 5.56. The number of carbonyl (C=O) groups excluding carboxylic acids is 1. The molecule has 0 radical (unpaired) electrons. The van der Waals surface area contributed by atoms with Crippen LogP contribution in [0.15, 0.2) is 12.2 Å². The Hall–Kier alpha value is -0.813. The maximum absolute atomic E-state index is 9.93. The van der Waals surface area contributed by atoms with Gasteiger partial charge in [-0.15, -0.1) is 5.54 Å². The number of aldehydes is 1. The fraction of sp³-hybridized carbons (Fsp3) is 0.500. The van der Waals surface area contributed by atoms with E-state index in [9.17, 15) is 4.79 Å². The zero-order chi connectivity index (χ0) is 9.45. The summed E-state index contributed by atoms with van der Waals surface area (Å²) in [5, 5.41) is 0. The topological polar surface area (TPSA) is 17.1 Å². The molecule has 0 amide bonds. The molecule has 0 aliphatic carbocycles. The van der Waals surface area contributed by atoms with Gasteiger partial charge in [0, 0.05) is 6.42 Å². The zero-order valence-electron chi connectivity index (χ0n) is 8.05. The molecule has 12 heavy (non-hydrogen) atoms. The Morgan fingerprint density at radius 2 is 1.92 bits per heavy atom. The van der Waals surface area contributed by atoms with Gasteiger partial charge in [0.1, 0.15) is 14.4 Å². The summed E-state index contributed by atoms with van der Waals surface area (Å²) in [6.45, 7) is 6.62. The molecule has 66 valence electrons. The van der Waals surface area contributed by atoms with Gasteiger partial charge >= 0.3 is 0 Å². The molecule has 1 nitrogen and oxygen atoms in total. The van der Waals surface area contributed by atoms with Crippen LogP contribution in [-0.4, -0.2) is 14.4 Å². The van der Waals surface area contributed by atoms with Gasteiger partial charge in [0.15, 0.2) is 0 Å². The fourth-order valence-electron chi connectivity index (χ4n) is 0.565. The van der Waals surface area contributed by atoms with Gasteiger partial charge < -0.3 is 4.79 Å². The van der Waals surface area contributed by atoms with Crippen LogP contribution in [0.5, 0.6) is 0 Å². The second kappa shape index (κ2) is 5.79. The summed E-state index contributed by atoms with van der Waals surface area (Å²) in [5.74, 6) is 3.00. The Morgan fingerprint density at radius 3 is 2.42 bits per heavy atom. The van der Waals surface area contributed by atoms with Gasteiger partial charge in [-0.1, -0.05) is 31.6 Å². The lowest BCUT2D eigenvalue weighted by Crippen LogP contribution is -2.16. The molecular formula is C10H16OSi. The molecule has 0 aromatic heterocycles. The lowest BCUT2D eigenvalue weighted by Gasteiger charge is -2.01. The Bertz CT molecular complexity index is 212. The van der Waals surface area contributed by atoms with Gasteiger partial charge in [-0.25, -0.2) is 0 Å². The van der Waals surface area contributed by atoms with Crippen LogP contribution in [0.2, 0.25) is 19.6 Å². The molecule has 0 heterocycles. The average Bonchev–Trinajstić information content (AvgIpc) is 1.94. The van der Waals surface area contributed by atoms with Crippen molar-refractivity contribution in [1.29, 1.82) is 0 Å². The van der Waals surface area contributed by atoms with Crippen LogP contribution >= 0.6 is 0 Å². The summed E-state index contributed by atoms with van der Waals surface area (Å²) < 4.78 is 0. The molecule has 0 atom stereocenters. The molecule has 0 saturated carbocycles. The highest BCUT2D eigenvalue weighted by Crippen LogP contribution is 1.96. The maximum atomic E-state index is 9.93. The van der Waals surface area contributed by atoms with Crippen LogP contribution < -0.4 is 0 Å². The number of hydrogen-bond acceptors (Lipinski definition) is 1. The van der Waals surface area contributed by atoms with Crippen molar-refractivity contribution in [3.05, 3.63) is 12.2 Å². The molecule has 0 saturated heterocycles. The third kappa shape index (κ3) is 9.19. The van der Waals surface area contributed by atoms with Crippen molar-refractivity contribution >= 4 is 14.4 Å². The van der Waals surface area contributed by atoms with Gasteiger partial charge in [0.25, 0.3) is 0 Å². The molecule has 0 spiro atoms. The Kier molecular flexibility index (Phi) is 5.40. The highest BCUT2D eigenvalue weighted by molar-refractivity contribution is 6.83. The Morgan fingerprint density at radius 1 is 1.25 bits per heavy atom. The van der Waals surface area contributed by atoms with Crippen molar-refractivity contribution in [2.75, 3.05) is 0 Å². The van der Waals surface area contributed by atoms with Crippen LogP contribution in [0.1, 0.15) is 12.8 Å². The Balaban J connectivity index is 3.70. The van der Waals surface area contributed by atoms with Gasteiger partial charge in [-0.3, -0.25) is 0 Å². The summed E-state index contributed by atoms with van der Waals surface area (Å²) in [6, 6.07) is 0. The van der Waals surface area contributed by atoms with Crippen molar-refractivity contribution < 1.29 is 4.79 Å². The molecule has 0 unspecified atom stereocenters. The first-order valence-electron chi connectivity index (χ1n) is 4.17. The SMILES string of the molecule is C[Si](C)(C)C#C/C=C\CCC=O. The molecule has 0 bridgehead atoms. The van der Waals surface area contributed by atoms with Gasteiger partial charge in [-0.05, 0) is 12.5 Å². The van der Waals surface area contributed by atoms with Crippen LogP contribution in [0.4, 0.5) is 0 Å². The van der Waals surface area contributed by atoms with Crippen LogP contribution in [-0.2, 0) is 4.79 Å². The quantitative estimate of drug-likeness (QED) is 0.282. The first kappa shape index (κ1) is 11.2. The second-order valence-electron chi connectivity index (χ2n) is 3.67. The normalized spacial score (nSPS) is 10.9. The summed E-state index contributed by atoms with van der Waals surface area (Å²) in [6.07, 6.45) is 6.13. The molecule has 0 aromatic rings. The van der Waals surface area contributed by atoms with E-state index in [2.05, 4.69) is 31.1 Å². The third-order valence-electron chi connectivity index (χ3n) is 1.10. The number of unbranched alkanes of at least 4 members (excludes halogenated alkanes) is 1. The van der Waals surface area contributed by atoms with Crippen molar-refractivity contribution in [2.24, 2.45) is 0 Å². The van der Waals surface area contributed by atoms with Gasteiger partial charge in [0.2, 0.25) is 0 Å². The molecule has 0 rings (SSSR count). The van der Waals surface area contributed by atoms with Crippen molar-refractivity contribution in [3.8, 4) is 11.5 Å². The molecule has 2 heteroatoms. The third-order valence-corrected chi connectivity index (χ3v) is 1.99.